The van der Waals surface area contributed by atoms with E-state index in [1.54, 1.807) is 25.7 Å². The number of amides is 2. The molecule has 0 spiro atoms. The number of aromatic amines is 1. The van der Waals surface area contributed by atoms with E-state index in [0.717, 1.165) is 28.1 Å². The molecule has 2 amide bonds. The van der Waals surface area contributed by atoms with Gasteiger partial charge in [0.05, 0.1) is 23.7 Å². The highest BCUT2D eigenvalue weighted by Gasteiger charge is 2.43. The molecule has 0 radical (unpaired) electrons. The molecule has 1 aromatic heterocycles. The molecule has 0 bridgehead atoms. The van der Waals surface area contributed by atoms with Crippen molar-refractivity contribution in [2.24, 2.45) is 0 Å². The third kappa shape index (κ3) is 6.66. The van der Waals surface area contributed by atoms with E-state index in [4.69, 9.17) is 19.6 Å². The Balaban J connectivity index is 0.00000112. The molecule has 208 valence electrons. The minimum Gasteiger partial charge on any atom is -0.483 e. The van der Waals surface area contributed by atoms with Crippen LogP contribution >= 0.6 is 0 Å². The van der Waals surface area contributed by atoms with E-state index in [-0.39, 0.29) is 25.3 Å². The summed E-state index contributed by atoms with van der Waals surface area (Å²) in [7, 11) is 0. The quantitative estimate of drug-likeness (QED) is 0.434. The van der Waals surface area contributed by atoms with E-state index in [0.29, 0.717) is 26.2 Å². The minimum absolute atomic E-state index is 0.111. The number of aliphatic hydroxyl groups is 1. The van der Waals surface area contributed by atoms with E-state index in [2.05, 4.69) is 22.0 Å². The van der Waals surface area contributed by atoms with Gasteiger partial charge in [0, 0.05) is 43.9 Å². The molecule has 2 aliphatic rings. The van der Waals surface area contributed by atoms with Crippen LogP contribution in [0.4, 0.5) is 10.5 Å². The zero-order valence-corrected chi connectivity index (χ0v) is 22.4. The summed E-state index contributed by atoms with van der Waals surface area (Å²) in [4.78, 5) is 47.9. The van der Waals surface area contributed by atoms with Crippen LogP contribution in [0.2, 0.25) is 0 Å². The number of carbonyl (C=O) groups excluding carboxylic acids is 2. The fourth-order valence-electron chi connectivity index (χ4n) is 4.91. The van der Waals surface area contributed by atoms with Crippen LogP contribution in [0.25, 0.3) is 22.4 Å². The normalized spacial score (nSPS) is 19.4. The predicted molar refractivity (Wildman–Crippen MR) is 146 cm³/mol. The van der Waals surface area contributed by atoms with Gasteiger partial charge >= 0.3 is 6.09 Å². The molecule has 2 fully saturated rings. The molecule has 2 aliphatic heterocycles. The van der Waals surface area contributed by atoms with E-state index in [9.17, 15) is 14.7 Å². The van der Waals surface area contributed by atoms with Gasteiger partial charge in [0.1, 0.15) is 17.5 Å². The summed E-state index contributed by atoms with van der Waals surface area (Å²) >= 11 is 0. The van der Waals surface area contributed by atoms with Crippen molar-refractivity contribution in [1.29, 1.82) is 0 Å². The Labute approximate surface area is 227 Å². The molecule has 0 saturated carbocycles. The van der Waals surface area contributed by atoms with Crippen molar-refractivity contribution in [3.63, 3.8) is 0 Å². The number of para-hydroxylation sites is 2. The van der Waals surface area contributed by atoms with Crippen LogP contribution in [0.3, 0.4) is 0 Å². The van der Waals surface area contributed by atoms with Gasteiger partial charge in [0.15, 0.2) is 0 Å². The van der Waals surface area contributed by atoms with Gasteiger partial charge in [0.25, 0.3) is 6.47 Å². The first-order valence-corrected chi connectivity index (χ1v) is 12.9. The van der Waals surface area contributed by atoms with Crippen LogP contribution < -0.4 is 4.90 Å². The Hall–Kier alpha value is -4.12. The molecule has 11 nitrogen and oxygen atoms in total. The molecule has 2 saturated heterocycles. The van der Waals surface area contributed by atoms with Gasteiger partial charge in [-0.1, -0.05) is 24.3 Å². The standard InChI is InChI=1S/C27H33N5O4.CH2O2/c1-27(2,3)36-26(35)32-17-20(33)16-23(32)25(34)31-13-11-30(12-14-31)19-8-6-7-18(15-19)24-28-21-9-4-5-10-22(21)29-24;2-1-3/h4-10,15,20,23,33H,11-14,16-17H2,1-3H3,(H,28,29);1H,(H,2,3)/t20?,23-;/m0./s1. The number of aliphatic hydroxyl groups excluding tert-OH is 1. The molecule has 0 aliphatic carbocycles. The molecule has 1 unspecified atom stereocenters. The number of likely N-dealkylation sites (tertiary alicyclic amines) is 1. The monoisotopic (exact) mass is 537 g/mol. The lowest BCUT2D eigenvalue weighted by molar-refractivity contribution is -0.136. The van der Waals surface area contributed by atoms with Gasteiger partial charge in [-0.05, 0) is 45.0 Å². The second-order valence-corrected chi connectivity index (χ2v) is 10.6. The maximum absolute atomic E-state index is 13.3. The highest BCUT2D eigenvalue weighted by atomic mass is 16.6. The molecule has 3 heterocycles. The molecule has 2 atom stereocenters. The number of carbonyl (C=O) groups is 3. The van der Waals surface area contributed by atoms with Crippen LogP contribution in [0, 0.1) is 0 Å². The van der Waals surface area contributed by atoms with Crippen LogP contribution in [0.5, 0.6) is 0 Å². The minimum atomic E-state index is -0.728. The van der Waals surface area contributed by atoms with Crippen molar-refractivity contribution in [2.75, 3.05) is 37.6 Å². The fourth-order valence-corrected chi connectivity index (χ4v) is 4.91. The Bertz CT molecular complexity index is 1280. The van der Waals surface area contributed by atoms with Crippen LogP contribution in [0.15, 0.2) is 48.5 Å². The molecule has 3 aromatic rings. The summed E-state index contributed by atoms with van der Waals surface area (Å²) in [5.41, 5.74) is 3.35. The lowest BCUT2D eigenvalue weighted by Gasteiger charge is -2.38. The van der Waals surface area contributed by atoms with Crippen LogP contribution in [0.1, 0.15) is 27.2 Å². The highest BCUT2D eigenvalue weighted by molar-refractivity contribution is 5.87. The topological polar surface area (TPSA) is 139 Å². The number of aromatic nitrogens is 2. The average Bonchev–Trinajstić information content (AvgIpc) is 3.52. The van der Waals surface area contributed by atoms with Crippen molar-refractivity contribution in [3.05, 3.63) is 48.5 Å². The van der Waals surface area contributed by atoms with Gasteiger partial charge in [0.2, 0.25) is 5.91 Å². The van der Waals surface area contributed by atoms with Crippen molar-refractivity contribution in [2.45, 2.75) is 44.9 Å². The number of hydrogen-bond donors (Lipinski definition) is 3. The Morgan fingerprint density at radius 2 is 1.77 bits per heavy atom. The highest BCUT2D eigenvalue weighted by Crippen LogP contribution is 2.27. The zero-order chi connectivity index (χ0) is 28.2. The number of nitrogens with one attached hydrogen (secondary N) is 1. The SMILES string of the molecule is CC(C)(C)OC(=O)N1CC(O)C[C@H]1C(=O)N1CCN(c2cccc(-c3nc4ccccc4[nH]3)c2)CC1.O=CO. The number of rotatable bonds is 3. The Kier molecular flexibility index (Phi) is 8.39. The number of fused-ring (bicyclic) bond motifs is 1. The first kappa shape index (κ1) is 27.9. The molecule has 11 heteroatoms. The smallest absolute Gasteiger partial charge is 0.411 e. The lowest BCUT2D eigenvalue weighted by atomic mass is 10.1. The predicted octanol–water partition coefficient (Wildman–Crippen LogP) is 2.95. The third-order valence-corrected chi connectivity index (χ3v) is 6.66. The van der Waals surface area contributed by atoms with E-state index in [1.807, 2.05) is 36.4 Å². The summed E-state index contributed by atoms with van der Waals surface area (Å²) in [5.74, 6) is 0.696. The number of β-amino-alcohol motifs (C(OH)–C–C–N with tert-alkyl or cyclic N) is 1. The summed E-state index contributed by atoms with van der Waals surface area (Å²) in [6, 6.07) is 15.5. The molecule has 5 rings (SSSR count). The van der Waals surface area contributed by atoms with Gasteiger partial charge < -0.3 is 29.7 Å². The lowest BCUT2D eigenvalue weighted by Crippen LogP contribution is -2.54. The van der Waals surface area contributed by atoms with Gasteiger partial charge in [-0.15, -0.1) is 0 Å². The van der Waals surface area contributed by atoms with Crippen LogP contribution in [-0.4, -0.2) is 98.9 Å². The van der Waals surface area contributed by atoms with Gasteiger partial charge in [-0.2, -0.15) is 0 Å². The summed E-state index contributed by atoms with van der Waals surface area (Å²) in [5, 5.41) is 17.1. The van der Waals surface area contributed by atoms with E-state index < -0.39 is 23.8 Å². The van der Waals surface area contributed by atoms with E-state index in [1.165, 1.54) is 4.90 Å². The molecular formula is C28H35N5O6. The maximum Gasteiger partial charge on any atom is 0.411 e. The fraction of sp³-hybridized carbons (Fsp3) is 0.429. The molecule has 3 N–H and O–H groups in total. The molecule has 39 heavy (non-hydrogen) atoms. The number of piperazine rings is 1. The second-order valence-electron chi connectivity index (χ2n) is 10.6. The summed E-state index contributed by atoms with van der Waals surface area (Å²) in [6.07, 6.45) is -1.05. The van der Waals surface area contributed by atoms with Crippen molar-refractivity contribution in [1.82, 2.24) is 19.8 Å². The summed E-state index contributed by atoms with van der Waals surface area (Å²) in [6.45, 7) is 7.67. The number of hydrogen-bond acceptors (Lipinski definition) is 7. The largest absolute Gasteiger partial charge is 0.483 e. The number of imidazole rings is 1. The first-order valence-electron chi connectivity index (χ1n) is 12.9. The van der Waals surface area contributed by atoms with Crippen molar-refractivity contribution >= 4 is 35.2 Å². The average molecular weight is 538 g/mol. The second kappa shape index (κ2) is 11.7. The Morgan fingerprint density at radius 1 is 1.08 bits per heavy atom. The number of ether oxygens (including phenoxy) is 1. The van der Waals surface area contributed by atoms with Crippen molar-refractivity contribution in [3.8, 4) is 11.4 Å². The van der Waals surface area contributed by atoms with Gasteiger partial charge in [-0.25, -0.2) is 9.78 Å². The van der Waals surface area contributed by atoms with E-state index >= 15 is 0 Å². The number of nitrogens with zero attached hydrogens (tertiary/aromatic N) is 4. The number of anilines is 1. The van der Waals surface area contributed by atoms with Crippen molar-refractivity contribution < 1.29 is 29.3 Å². The van der Waals surface area contributed by atoms with Gasteiger partial charge in [-0.3, -0.25) is 14.5 Å². The van der Waals surface area contributed by atoms with Crippen LogP contribution in [-0.2, 0) is 14.3 Å². The number of benzene rings is 2. The number of carboxylic acid groups (broad SMARTS) is 1. The third-order valence-electron chi connectivity index (χ3n) is 6.66. The molecule has 2 aromatic carbocycles. The zero-order valence-electron chi connectivity index (χ0n) is 22.4. The number of H-pyrrole nitrogens is 1. The molecular weight excluding hydrogens is 502 g/mol. The summed E-state index contributed by atoms with van der Waals surface area (Å²) < 4.78 is 5.47. The maximum atomic E-state index is 13.3. The Morgan fingerprint density at radius 3 is 2.44 bits per heavy atom. The first-order chi connectivity index (χ1) is 18.6.